The number of carboxylic acid groups (broad SMARTS) is 1. The molecule has 6 heteroatoms. The Bertz CT molecular complexity index is 436. The smallest absolute Gasteiger partial charge is 0.323 e. The van der Waals surface area contributed by atoms with Gasteiger partial charge in [-0.05, 0) is 11.4 Å². The Hall–Kier alpha value is -1.69. The van der Waals surface area contributed by atoms with Crippen molar-refractivity contribution >= 4 is 29.1 Å². The van der Waals surface area contributed by atoms with Crippen molar-refractivity contribution in [2.75, 3.05) is 6.54 Å². The zero-order valence-corrected chi connectivity index (χ0v) is 9.77. The lowest BCUT2D eigenvalue weighted by molar-refractivity contribution is -0.155. The molecule has 2 rings (SSSR count). The Kier molecular flexibility index (Phi) is 3.23. The summed E-state index contributed by atoms with van der Waals surface area (Å²) >= 11 is 1.51. The van der Waals surface area contributed by atoms with Crippen LogP contribution in [-0.2, 0) is 14.4 Å². The molecule has 1 aliphatic rings. The second-order valence-corrected chi connectivity index (χ2v) is 4.87. The summed E-state index contributed by atoms with van der Waals surface area (Å²) in [6.07, 6.45) is 0.416. The minimum Gasteiger partial charge on any atom is -0.480 e. The molecule has 5 nitrogen and oxygen atoms in total. The van der Waals surface area contributed by atoms with E-state index in [0.717, 1.165) is 9.78 Å². The molecule has 0 unspecified atom stereocenters. The van der Waals surface area contributed by atoms with Gasteiger partial charge in [-0.25, -0.2) is 0 Å². The van der Waals surface area contributed by atoms with Gasteiger partial charge in [-0.15, -0.1) is 11.3 Å². The lowest BCUT2D eigenvalue weighted by Gasteiger charge is -2.28. The molecule has 0 atom stereocenters. The zero-order valence-electron chi connectivity index (χ0n) is 8.96. The fourth-order valence-corrected chi connectivity index (χ4v) is 2.72. The van der Waals surface area contributed by atoms with Crippen LogP contribution in [0.2, 0.25) is 0 Å². The summed E-state index contributed by atoms with van der Waals surface area (Å²) < 4.78 is 0. The van der Waals surface area contributed by atoms with E-state index in [0.29, 0.717) is 0 Å². The third-order valence-electron chi connectivity index (χ3n) is 2.68. The number of carboxylic acids is 1. The molecule has 2 heterocycles. The number of amides is 2. The molecule has 1 aliphatic heterocycles. The topological polar surface area (TPSA) is 74.7 Å². The fraction of sp³-hybridized carbons (Fsp3) is 0.364. The number of piperidine rings is 1. The van der Waals surface area contributed by atoms with Gasteiger partial charge in [-0.2, -0.15) is 0 Å². The molecule has 1 N–H and O–H groups in total. The van der Waals surface area contributed by atoms with Gasteiger partial charge in [-0.1, -0.05) is 6.07 Å². The van der Waals surface area contributed by atoms with Gasteiger partial charge >= 0.3 is 5.97 Å². The average molecular weight is 253 g/mol. The zero-order chi connectivity index (χ0) is 12.4. The minimum atomic E-state index is -1.17. The van der Waals surface area contributed by atoms with Crippen LogP contribution in [-0.4, -0.2) is 34.3 Å². The van der Waals surface area contributed by atoms with Crippen LogP contribution in [0.1, 0.15) is 23.6 Å². The Morgan fingerprint density at radius 3 is 2.53 bits per heavy atom. The molecule has 0 aliphatic carbocycles. The first-order valence-electron chi connectivity index (χ1n) is 5.16. The van der Waals surface area contributed by atoms with Gasteiger partial charge in [-0.3, -0.25) is 19.3 Å². The maximum absolute atomic E-state index is 11.7. The molecule has 1 saturated heterocycles. The Labute approximate surface area is 102 Å². The Morgan fingerprint density at radius 2 is 2.06 bits per heavy atom. The number of carbonyl (C=O) groups excluding carboxylic acids is 2. The monoisotopic (exact) mass is 253 g/mol. The van der Waals surface area contributed by atoms with E-state index in [1.807, 2.05) is 17.5 Å². The predicted octanol–water partition coefficient (Wildman–Crippen LogP) is 1.07. The maximum atomic E-state index is 11.7. The summed E-state index contributed by atoms with van der Waals surface area (Å²) in [6, 6.07) is 3.77. The first-order valence-corrected chi connectivity index (χ1v) is 6.04. The van der Waals surface area contributed by atoms with Crippen LogP contribution >= 0.6 is 11.3 Å². The second-order valence-electron chi connectivity index (χ2n) is 3.89. The lowest BCUT2D eigenvalue weighted by Crippen LogP contribution is -2.45. The highest BCUT2D eigenvalue weighted by molar-refractivity contribution is 7.10. The number of imide groups is 1. The Balaban J connectivity index is 2.10. The van der Waals surface area contributed by atoms with Gasteiger partial charge in [0.1, 0.15) is 6.54 Å². The number of likely N-dealkylation sites (tertiary alicyclic amines) is 1. The van der Waals surface area contributed by atoms with Crippen molar-refractivity contribution in [3.8, 4) is 0 Å². The molecule has 90 valence electrons. The molecule has 0 bridgehead atoms. The second kappa shape index (κ2) is 4.67. The predicted molar refractivity (Wildman–Crippen MR) is 60.6 cm³/mol. The molecule has 17 heavy (non-hydrogen) atoms. The van der Waals surface area contributed by atoms with Crippen LogP contribution in [0, 0.1) is 0 Å². The van der Waals surface area contributed by atoms with Gasteiger partial charge in [0.2, 0.25) is 11.8 Å². The number of hydrogen-bond donors (Lipinski definition) is 1. The van der Waals surface area contributed by atoms with Crippen molar-refractivity contribution < 1.29 is 19.5 Å². The fourth-order valence-electron chi connectivity index (χ4n) is 1.89. The van der Waals surface area contributed by atoms with Gasteiger partial charge in [0.25, 0.3) is 0 Å². The highest BCUT2D eigenvalue weighted by atomic mass is 32.1. The highest BCUT2D eigenvalue weighted by Gasteiger charge is 2.34. The molecular weight excluding hydrogens is 242 g/mol. The van der Waals surface area contributed by atoms with E-state index in [2.05, 4.69) is 0 Å². The third-order valence-corrected chi connectivity index (χ3v) is 3.72. The molecule has 1 fully saturated rings. The molecular formula is C11H11NO4S. The third kappa shape index (κ3) is 2.52. The number of thiophene rings is 1. The standard InChI is InChI=1S/C11H11NO4S/c13-9-4-7(8-2-1-3-17-8)5-10(14)12(9)6-11(15)16/h1-3,7H,4-6H2,(H,15,16). The SMILES string of the molecule is O=C(O)CN1C(=O)CC(c2cccs2)CC1=O. The van der Waals surface area contributed by atoms with E-state index >= 15 is 0 Å². The van der Waals surface area contributed by atoms with E-state index in [1.165, 1.54) is 11.3 Å². The van der Waals surface area contributed by atoms with E-state index in [4.69, 9.17) is 5.11 Å². The molecule has 0 aromatic carbocycles. The van der Waals surface area contributed by atoms with Gasteiger partial charge in [0, 0.05) is 23.6 Å². The van der Waals surface area contributed by atoms with E-state index < -0.39 is 24.3 Å². The number of rotatable bonds is 3. The number of nitrogens with zero attached hydrogens (tertiary/aromatic N) is 1. The van der Waals surface area contributed by atoms with Crippen LogP contribution in [0.15, 0.2) is 17.5 Å². The highest BCUT2D eigenvalue weighted by Crippen LogP contribution is 2.32. The summed E-state index contributed by atoms with van der Waals surface area (Å²) in [6.45, 7) is -0.533. The molecule has 0 radical (unpaired) electrons. The molecule has 2 amide bonds. The quantitative estimate of drug-likeness (QED) is 0.817. The molecule has 1 aromatic heterocycles. The molecule has 1 aromatic rings. The molecule has 0 saturated carbocycles. The maximum Gasteiger partial charge on any atom is 0.323 e. The van der Waals surface area contributed by atoms with Crippen LogP contribution in [0.3, 0.4) is 0 Å². The largest absolute Gasteiger partial charge is 0.480 e. The van der Waals surface area contributed by atoms with Crippen LogP contribution in [0.25, 0.3) is 0 Å². The number of carbonyl (C=O) groups is 3. The van der Waals surface area contributed by atoms with E-state index in [1.54, 1.807) is 0 Å². The number of hydrogen-bond acceptors (Lipinski definition) is 4. The average Bonchev–Trinajstić information content (AvgIpc) is 2.76. The summed E-state index contributed by atoms with van der Waals surface area (Å²) in [4.78, 5) is 35.7. The van der Waals surface area contributed by atoms with Crippen LogP contribution in [0.4, 0.5) is 0 Å². The summed E-state index contributed by atoms with van der Waals surface area (Å²) in [5, 5.41) is 10.5. The Morgan fingerprint density at radius 1 is 1.41 bits per heavy atom. The van der Waals surface area contributed by atoms with Crippen molar-refractivity contribution in [3.05, 3.63) is 22.4 Å². The number of aliphatic carboxylic acids is 1. The molecule has 0 spiro atoms. The van der Waals surface area contributed by atoms with Crippen LogP contribution < -0.4 is 0 Å². The minimum absolute atomic E-state index is 0.0972. The first kappa shape index (κ1) is 11.8. The van der Waals surface area contributed by atoms with Crippen molar-refractivity contribution in [2.24, 2.45) is 0 Å². The summed E-state index contributed by atoms with van der Waals surface area (Å²) in [5.74, 6) is -2.06. The summed E-state index contributed by atoms with van der Waals surface area (Å²) in [5.41, 5.74) is 0. The van der Waals surface area contributed by atoms with Gasteiger partial charge in [0.15, 0.2) is 0 Å². The van der Waals surface area contributed by atoms with E-state index in [9.17, 15) is 14.4 Å². The normalized spacial score (nSPS) is 17.5. The van der Waals surface area contributed by atoms with Crippen molar-refractivity contribution in [1.82, 2.24) is 4.90 Å². The van der Waals surface area contributed by atoms with E-state index in [-0.39, 0.29) is 18.8 Å². The van der Waals surface area contributed by atoms with Gasteiger partial charge < -0.3 is 5.11 Å². The van der Waals surface area contributed by atoms with Gasteiger partial charge in [0.05, 0.1) is 0 Å². The van der Waals surface area contributed by atoms with Crippen molar-refractivity contribution in [1.29, 1.82) is 0 Å². The lowest BCUT2D eigenvalue weighted by atomic mass is 9.94. The van der Waals surface area contributed by atoms with Crippen LogP contribution in [0.5, 0.6) is 0 Å². The first-order chi connectivity index (χ1) is 8.08. The summed E-state index contributed by atoms with van der Waals surface area (Å²) in [7, 11) is 0. The van der Waals surface area contributed by atoms with Crippen molar-refractivity contribution in [2.45, 2.75) is 18.8 Å². The van der Waals surface area contributed by atoms with Crippen molar-refractivity contribution in [3.63, 3.8) is 0 Å².